The van der Waals surface area contributed by atoms with Crippen molar-refractivity contribution in [2.24, 2.45) is 0 Å². The molecule has 0 fully saturated rings. The minimum absolute atomic E-state index is 0.0118. The summed E-state index contributed by atoms with van der Waals surface area (Å²) < 4.78 is 15.6. The van der Waals surface area contributed by atoms with Crippen LogP contribution < -0.4 is 14.8 Å². The molecule has 1 amide bonds. The van der Waals surface area contributed by atoms with Gasteiger partial charge in [0.15, 0.2) is 11.5 Å². The van der Waals surface area contributed by atoms with Gasteiger partial charge in [0, 0.05) is 25.1 Å². The average Bonchev–Trinajstić information content (AvgIpc) is 3.17. The van der Waals surface area contributed by atoms with Crippen LogP contribution in [0.25, 0.3) is 0 Å². The molecule has 0 unspecified atom stereocenters. The Labute approximate surface area is 165 Å². The maximum absolute atomic E-state index is 12.5. The fourth-order valence-corrected chi connectivity index (χ4v) is 2.89. The highest BCUT2D eigenvalue weighted by molar-refractivity contribution is 7.07. The van der Waals surface area contributed by atoms with Crippen molar-refractivity contribution in [1.29, 1.82) is 0 Å². The van der Waals surface area contributed by atoms with Gasteiger partial charge < -0.3 is 24.6 Å². The molecule has 11 heteroatoms. The number of hydrogen-bond acceptors (Lipinski definition) is 9. The SMILES string of the molecule is COC[C@](C)(O)CNC(=O)c1cc(OC)c(OCc2cscn2)cc1[N+](=O)[O-]. The van der Waals surface area contributed by atoms with Gasteiger partial charge in [-0.1, -0.05) is 0 Å². The van der Waals surface area contributed by atoms with Crippen molar-refractivity contribution < 1.29 is 29.0 Å². The zero-order valence-corrected chi connectivity index (χ0v) is 16.4. The zero-order valence-electron chi connectivity index (χ0n) is 15.6. The maximum Gasteiger partial charge on any atom is 0.286 e. The first kappa shape index (κ1) is 21.5. The molecule has 152 valence electrons. The summed E-state index contributed by atoms with van der Waals surface area (Å²) in [5.41, 5.74) is 0.329. The number of amides is 1. The van der Waals surface area contributed by atoms with E-state index in [9.17, 15) is 20.0 Å². The van der Waals surface area contributed by atoms with E-state index in [0.29, 0.717) is 5.69 Å². The number of nitrogens with zero attached hydrogens (tertiary/aromatic N) is 2. The van der Waals surface area contributed by atoms with Gasteiger partial charge in [-0.05, 0) is 6.92 Å². The molecule has 0 aliphatic heterocycles. The van der Waals surface area contributed by atoms with E-state index in [1.165, 1.54) is 38.5 Å². The number of hydrogen-bond donors (Lipinski definition) is 2. The van der Waals surface area contributed by atoms with E-state index in [0.717, 1.165) is 6.07 Å². The summed E-state index contributed by atoms with van der Waals surface area (Å²) in [6.07, 6.45) is 0. The van der Waals surface area contributed by atoms with Gasteiger partial charge in [-0.25, -0.2) is 4.98 Å². The summed E-state index contributed by atoms with van der Waals surface area (Å²) in [6, 6.07) is 2.36. The van der Waals surface area contributed by atoms with Gasteiger partial charge in [-0.2, -0.15) is 0 Å². The van der Waals surface area contributed by atoms with E-state index in [1.807, 2.05) is 0 Å². The van der Waals surface area contributed by atoms with Crippen LogP contribution >= 0.6 is 11.3 Å². The van der Waals surface area contributed by atoms with Gasteiger partial charge in [0.25, 0.3) is 11.6 Å². The second kappa shape index (κ2) is 9.44. The van der Waals surface area contributed by atoms with E-state index >= 15 is 0 Å². The van der Waals surface area contributed by atoms with Crippen LogP contribution in [0.4, 0.5) is 5.69 Å². The standard InChI is InChI=1S/C17H21N3O7S/c1-17(22,9-25-2)8-18-16(21)12-4-14(26-3)15(5-13(12)20(23)24)27-6-11-7-28-10-19-11/h4-5,7,10,22H,6,8-9H2,1-3H3,(H,18,21)/t17-/m1/s1. The molecule has 1 heterocycles. The highest BCUT2D eigenvalue weighted by Crippen LogP contribution is 2.35. The number of nitro groups is 1. The number of nitrogens with one attached hydrogen (secondary N) is 1. The lowest BCUT2D eigenvalue weighted by Gasteiger charge is -2.22. The number of carbonyl (C=O) groups excluding carboxylic acids is 1. The van der Waals surface area contributed by atoms with Crippen LogP contribution in [0.1, 0.15) is 23.0 Å². The van der Waals surface area contributed by atoms with Crippen molar-refractivity contribution in [1.82, 2.24) is 10.3 Å². The van der Waals surface area contributed by atoms with E-state index in [1.54, 1.807) is 10.9 Å². The highest BCUT2D eigenvalue weighted by Gasteiger charge is 2.27. The van der Waals surface area contributed by atoms with Crippen LogP contribution in [0, 0.1) is 10.1 Å². The number of aromatic nitrogens is 1. The number of nitro benzene ring substituents is 1. The number of rotatable bonds is 10. The second-order valence-electron chi connectivity index (χ2n) is 6.16. The molecule has 10 nitrogen and oxygen atoms in total. The van der Waals surface area contributed by atoms with Crippen LogP contribution in [-0.2, 0) is 11.3 Å². The quantitative estimate of drug-likeness (QED) is 0.446. The molecule has 0 aliphatic rings. The highest BCUT2D eigenvalue weighted by atomic mass is 32.1. The monoisotopic (exact) mass is 411 g/mol. The molecule has 1 aromatic carbocycles. The molecule has 1 aromatic heterocycles. The largest absolute Gasteiger partial charge is 0.493 e. The van der Waals surface area contributed by atoms with E-state index in [4.69, 9.17) is 14.2 Å². The van der Waals surface area contributed by atoms with Crippen molar-refractivity contribution >= 4 is 22.9 Å². The van der Waals surface area contributed by atoms with Crippen molar-refractivity contribution in [2.75, 3.05) is 27.4 Å². The normalized spacial score (nSPS) is 12.9. The summed E-state index contributed by atoms with van der Waals surface area (Å²) in [4.78, 5) is 27.3. The van der Waals surface area contributed by atoms with Crippen LogP contribution in [0.2, 0.25) is 0 Å². The number of thiazole rings is 1. The van der Waals surface area contributed by atoms with Gasteiger partial charge >= 0.3 is 0 Å². The Morgan fingerprint density at radius 3 is 2.71 bits per heavy atom. The molecule has 1 atom stereocenters. The maximum atomic E-state index is 12.5. The average molecular weight is 411 g/mol. The number of carbonyl (C=O) groups is 1. The first-order chi connectivity index (χ1) is 13.3. The predicted octanol–water partition coefficient (Wildman–Crippen LogP) is 1.77. The third kappa shape index (κ3) is 5.62. The number of ether oxygens (including phenoxy) is 3. The smallest absolute Gasteiger partial charge is 0.286 e. The Morgan fingerprint density at radius 2 is 2.14 bits per heavy atom. The van der Waals surface area contributed by atoms with Crippen molar-refractivity contribution in [2.45, 2.75) is 19.1 Å². The summed E-state index contributed by atoms with van der Waals surface area (Å²) in [5.74, 6) is -0.452. The lowest BCUT2D eigenvalue weighted by molar-refractivity contribution is -0.385. The third-order valence-electron chi connectivity index (χ3n) is 3.67. The minimum atomic E-state index is -1.32. The van der Waals surface area contributed by atoms with Gasteiger partial charge in [0.2, 0.25) is 0 Å². The van der Waals surface area contributed by atoms with Crippen molar-refractivity contribution in [3.05, 3.63) is 44.4 Å². The van der Waals surface area contributed by atoms with Gasteiger partial charge in [-0.15, -0.1) is 11.3 Å². The number of methoxy groups -OCH3 is 2. The lowest BCUT2D eigenvalue weighted by atomic mass is 10.1. The van der Waals surface area contributed by atoms with E-state index in [-0.39, 0.29) is 36.8 Å². The first-order valence-electron chi connectivity index (χ1n) is 8.13. The Morgan fingerprint density at radius 1 is 1.39 bits per heavy atom. The molecular weight excluding hydrogens is 390 g/mol. The van der Waals surface area contributed by atoms with Gasteiger partial charge in [0.1, 0.15) is 17.8 Å². The Bertz CT molecular complexity index is 824. The predicted molar refractivity (Wildman–Crippen MR) is 101 cm³/mol. The van der Waals surface area contributed by atoms with Crippen LogP contribution in [0.5, 0.6) is 11.5 Å². The number of benzene rings is 1. The summed E-state index contributed by atoms with van der Waals surface area (Å²) in [6.45, 7) is 1.41. The van der Waals surface area contributed by atoms with Crippen LogP contribution in [-0.4, -0.2) is 53.9 Å². The Kier molecular flexibility index (Phi) is 7.26. The van der Waals surface area contributed by atoms with Gasteiger partial charge in [0.05, 0.1) is 35.9 Å². The molecule has 0 aliphatic carbocycles. The van der Waals surface area contributed by atoms with E-state index in [2.05, 4.69) is 10.3 Å². The van der Waals surface area contributed by atoms with Crippen LogP contribution in [0.3, 0.4) is 0 Å². The third-order valence-corrected chi connectivity index (χ3v) is 4.30. The molecule has 0 saturated carbocycles. The summed E-state index contributed by atoms with van der Waals surface area (Å²) >= 11 is 1.40. The molecule has 2 aromatic rings. The van der Waals surface area contributed by atoms with E-state index < -0.39 is 22.1 Å². The minimum Gasteiger partial charge on any atom is -0.493 e. The van der Waals surface area contributed by atoms with Crippen LogP contribution in [0.15, 0.2) is 23.0 Å². The van der Waals surface area contributed by atoms with Gasteiger partial charge in [-0.3, -0.25) is 14.9 Å². The number of aliphatic hydroxyl groups is 1. The van der Waals surface area contributed by atoms with Crippen molar-refractivity contribution in [3.63, 3.8) is 0 Å². The fourth-order valence-electron chi connectivity index (χ4n) is 2.34. The molecule has 0 bridgehead atoms. The first-order valence-corrected chi connectivity index (χ1v) is 9.07. The Balaban J connectivity index is 2.25. The molecule has 0 radical (unpaired) electrons. The molecule has 0 saturated heterocycles. The molecule has 28 heavy (non-hydrogen) atoms. The summed E-state index contributed by atoms with van der Waals surface area (Å²) in [5, 5.41) is 25.8. The fraction of sp³-hybridized carbons (Fsp3) is 0.412. The molecule has 2 N–H and O–H groups in total. The van der Waals surface area contributed by atoms with Crippen molar-refractivity contribution in [3.8, 4) is 11.5 Å². The summed E-state index contributed by atoms with van der Waals surface area (Å²) in [7, 11) is 2.78. The second-order valence-corrected chi connectivity index (χ2v) is 6.88. The lowest BCUT2D eigenvalue weighted by Crippen LogP contribution is -2.43. The zero-order chi connectivity index (χ0) is 20.7. The Hall–Kier alpha value is -2.76. The molecular formula is C17H21N3O7S. The molecule has 2 rings (SSSR count). The molecule has 0 spiro atoms. The topological polar surface area (TPSA) is 133 Å².